The average molecular weight is 1810 g/mol. The van der Waals surface area contributed by atoms with Crippen molar-refractivity contribution in [1.82, 2.24) is 52.8 Å². The largest absolute Gasteiger partial charge is 0.508 e. The normalized spacial score (nSPS) is 30.2. The number of allylic oxidation sites excluding steroid dienone is 1. The number of rotatable bonds is 38. The van der Waals surface area contributed by atoms with Crippen LogP contribution >= 0.6 is 0 Å². The maximum Gasteiger partial charge on any atom is 0.329 e. The predicted octanol–water partition coefficient (Wildman–Crippen LogP) is -6.43. The average Bonchev–Trinajstić information content (AvgIpc) is 0.802. The van der Waals surface area contributed by atoms with E-state index in [1.807, 2.05) is 0 Å². The standard InChI is InChI=1S/C83H129N11O33/c1-9-11-12-13-14-15-16-17-18-19-20-21-22-23-54(124-82-70(111)71(53(102)39-121-82)127-81-62(86-44(7)99)67(108)64(105)55(37-95)125-81)66(107)79(119)92-60(41(4)98)76(116)93-61-42(5)122-80(120)52(35-46-26-30-48(101)31-27-46)90-78(118)63(43(6)123-83-69(110)68(109)65(106)56(38-96)126-83)94(8)58(104)36-85-72(112)50(32-33-57(84)103)88-73(113)49(10-2)87-74(114)51(34-45-24-28-47(100)29-25-45)89-75(115)59(40(3)97)91-77(61)117/h10,24-31,40-43,50-56,59-71,81-83,95-98,100-102,105-111H,9,11-23,32-39H2,1-8H3,(H2,84,103)(H,85,112)(H,86,99)(H,87,114)(H,88,113)(H,89,115)(H,90,118)(H,91,117)(H,92,119)(H,93,116)/b49-10-/t40-,41?,42+,43?,50+,51+,52-,53+,54?,55-,56-,59-,60?,61?,62-,63?,64-,65-,66?,67-,68+,69+,70-,71+,81+,82-,83+/m0/s1. The Bertz CT molecular complexity index is 3930. The van der Waals surface area contributed by atoms with Gasteiger partial charge in [-0.2, -0.15) is 0 Å². The minimum Gasteiger partial charge on any atom is -0.508 e. The van der Waals surface area contributed by atoms with Crippen molar-refractivity contribution in [1.29, 1.82) is 0 Å². The first-order chi connectivity index (χ1) is 60.1. The number of nitrogens with one attached hydrogen (secondary N) is 9. The Morgan fingerprint density at radius 2 is 1.17 bits per heavy atom. The number of phenolic OH excluding ortho intramolecular Hbond substituents is 2. The number of amides is 11. The fourth-order valence-electron chi connectivity index (χ4n) is 14.7. The number of benzene rings is 2. The van der Waals surface area contributed by atoms with E-state index in [9.17, 15) is 110 Å². The van der Waals surface area contributed by atoms with Crippen molar-refractivity contribution in [2.75, 3.05) is 33.4 Å². The van der Waals surface area contributed by atoms with Crippen molar-refractivity contribution >= 4 is 70.9 Å². The number of carbonyl (C=O) groups is 12. The molecule has 4 heterocycles. The van der Waals surface area contributed by atoms with Gasteiger partial charge in [-0.05, 0) is 82.9 Å². The van der Waals surface area contributed by atoms with Gasteiger partial charge < -0.3 is 163 Å². The highest BCUT2D eigenvalue weighted by atomic mass is 16.7. The molecule has 27 atom stereocenters. The van der Waals surface area contributed by atoms with E-state index < -0.39 is 294 Å². The molecular weight excluding hydrogens is 1680 g/mol. The zero-order valence-electron chi connectivity index (χ0n) is 72.4. The van der Waals surface area contributed by atoms with E-state index in [4.69, 9.17) is 38.9 Å². The number of primary amides is 1. The van der Waals surface area contributed by atoms with E-state index in [1.54, 1.807) is 0 Å². The molecule has 11 amide bonds. The molecule has 0 saturated carbocycles. The van der Waals surface area contributed by atoms with Gasteiger partial charge >= 0.3 is 5.97 Å². The second-order valence-electron chi connectivity index (χ2n) is 32.3. The van der Waals surface area contributed by atoms with Crippen LogP contribution in [-0.4, -0.2) is 346 Å². The maximum absolute atomic E-state index is 15.4. The van der Waals surface area contributed by atoms with Gasteiger partial charge in [0, 0.05) is 33.2 Å². The highest BCUT2D eigenvalue weighted by Crippen LogP contribution is 2.31. The number of cyclic esters (lactones) is 1. The van der Waals surface area contributed by atoms with Crippen molar-refractivity contribution in [2.45, 2.75) is 329 Å². The fourth-order valence-corrected chi connectivity index (χ4v) is 14.7. The lowest BCUT2D eigenvalue weighted by Crippen LogP contribution is -2.67. The molecule has 6 rings (SSSR count). The van der Waals surface area contributed by atoms with Gasteiger partial charge in [0.05, 0.1) is 50.8 Å². The van der Waals surface area contributed by atoms with Crippen LogP contribution in [0.2, 0.25) is 0 Å². The highest BCUT2D eigenvalue weighted by Gasteiger charge is 2.52. The van der Waals surface area contributed by atoms with Gasteiger partial charge in [0.15, 0.2) is 25.0 Å². The number of unbranched alkanes of at least 4 members (excludes halogenated alkanes) is 12. The second kappa shape index (κ2) is 52.4. The van der Waals surface area contributed by atoms with Gasteiger partial charge in [-0.1, -0.05) is 121 Å². The summed E-state index contributed by atoms with van der Waals surface area (Å²) in [7, 11) is 0.994. The van der Waals surface area contributed by atoms with Crippen molar-refractivity contribution in [3.63, 3.8) is 0 Å². The molecule has 4 aliphatic heterocycles. The van der Waals surface area contributed by atoms with Gasteiger partial charge in [0.2, 0.25) is 53.2 Å². The first-order valence-corrected chi connectivity index (χ1v) is 42.7. The number of likely N-dealkylation sites (N-methyl/N-ethyl adjacent to an activating group) is 1. The quantitative estimate of drug-likeness (QED) is 0.0169. The summed E-state index contributed by atoms with van der Waals surface area (Å²) in [6.45, 7) is 4.96. The first kappa shape index (κ1) is 106. The molecule has 4 fully saturated rings. The molecule has 7 unspecified atom stereocenters. The number of esters is 1. The summed E-state index contributed by atoms with van der Waals surface area (Å²) >= 11 is 0. The molecule has 44 heteroatoms. The molecule has 2 aromatic carbocycles. The Kier molecular flexibility index (Phi) is 43.9. The molecular formula is C83H129N11O33. The van der Waals surface area contributed by atoms with Crippen LogP contribution in [0.1, 0.15) is 162 Å². The number of aromatic hydroxyl groups is 2. The van der Waals surface area contributed by atoms with Crippen molar-refractivity contribution in [3.05, 3.63) is 71.4 Å². The lowest BCUT2D eigenvalue weighted by atomic mass is 9.96. The van der Waals surface area contributed by atoms with Crippen LogP contribution in [0.15, 0.2) is 60.3 Å². The van der Waals surface area contributed by atoms with E-state index in [1.165, 1.54) is 68.3 Å². The number of carbonyl (C=O) groups excluding carboxylic acids is 12. The van der Waals surface area contributed by atoms with Crippen molar-refractivity contribution < 1.29 is 162 Å². The fraction of sp³-hybridized carbons (Fsp3) is 0.687. The number of nitrogens with two attached hydrogens (primary N) is 1. The van der Waals surface area contributed by atoms with E-state index in [0.717, 1.165) is 99.1 Å². The highest BCUT2D eigenvalue weighted by molar-refractivity contribution is 6.02. The molecule has 0 aromatic heterocycles. The van der Waals surface area contributed by atoms with Crippen LogP contribution in [0.4, 0.5) is 0 Å². The molecule has 0 spiro atoms. The van der Waals surface area contributed by atoms with Gasteiger partial charge in [-0.25, -0.2) is 4.79 Å². The summed E-state index contributed by atoms with van der Waals surface area (Å²) < 4.78 is 41.1. The van der Waals surface area contributed by atoms with Crippen LogP contribution in [0, 0.1) is 0 Å². The van der Waals surface area contributed by atoms with Gasteiger partial charge in [0.25, 0.3) is 11.8 Å². The molecule has 0 aliphatic carbocycles. The molecule has 2 aromatic rings. The maximum atomic E-state index is 15.4. The number of aliphatic hydroxyl groups excluding tert-OH is 12. The van der Waals surface area contributed by atoms with Crippen LogP contribution < -0.4 is 53.6 Å². The summed E-state index contributed by atoms with van der Waals surface area (Å²) in [4.78, 5) is 174. The number of aliphatic hydroxyl groups is 12. The SMILES string of the molecule is C/C=C1\NC(=O)[C@@H](Cc2ccc(O)cc2)NC(=O)[C@H]([C@H](C)O)NC(=O)C(NC(=O)C(NC(=O)C(O)C(CCCCCCCCCCCCCCC)O[C@@H]2OC[C@@H](O)[C@@H](O[C@H]3O[C@@H](CO)[C@H](O)[C@@H](O)[C@@H]3NC(C)=O)[C@@H]2O)C(C)O)[C@@H](C)OC(=O)[C@H](Cc2ccc(O)cc2)NC(=O)C(C(C)O[C@@H]2O[C@@H](CO)[C@H](O)[C@@H](O)[C@H]2O)N(C)C(=O)CNC(=O)[C@@H](CCC(N)=O)NC1=O. The van der Waals surface area contributed by atoms with Gasteiger partial charge in [0.1, 0.15) is 133 Å². The summed E-state index contributed by atoms with van der Waals surface area (Å²) in [5.41, 5.74) is 5.20. The van der Waals surface area contributed by atoms with Crippen LogP contribution in [-0.2, 0) is 104 Å². The van der Waals surface area contributed by atoms with Gasteiger partial charge in [-0.15, -0.1) is 0 Å². The second-order valence-corrected chi connectivity index (χ2v) is 32.3. The van der Waals surface area contributed by atoms with Crippen LogP contribution in [0.25, 0.3) is 0 Å². The van der Waals surface area contributed by atoms with E-state index in [0.29, 0.717) is 17.7 Å². The summed E-state index contributed by atoms with van der Waals surface area (Å²) in [6, 6.07) is -6.19. The minimum atomic E-state index is -2.41. The summed E-state index contributed by atoms with van der Waals surface area (Å²) in [5.74, 6) is -15.9. The first-order valence-electron chi connectivity index (χ1n) is 42.7. The van der Waals surface area contributed by atoms with E-state index >= 15 is 19.2 Å². The van der Waals surface area contributed by atoms with E-state index in [-0.39, 0.29) is 35.5 Å². The van der Waals surface area contributed by atoms with Crippen LogP contribution in [0.5, 0.6) is 11.5 Å². The third-order valence-corrected chi connectivity index (χ3v) is 22.2. The van der Waals surface area contributed by atoms with E-state index in [2.05, 4.69) is 54.8 Å². The molecule has 44 nitrogen and oxygen atoms in total. The minimum absolute atomic E-state index is 0.134. The number of hydrogen-bond donors (Lipinski definition) is 24. The van der Waals surface area contributed by atoms with Gasteiger partial charge in [-0.3, -0.25) is 52.7 Å². The lowest BCUT2D eigenvalue weighted by molar-refractivity contribution is -0.339. The summed E-state index contributed by atoms with van der Waals surface area (Å²) in [6.07, 6.45) is -25.8. The molecule has 127 heavy (non-hydrogen) atoms. The Hall–Kier alpha value is -9.30. The molecule has 4 aliphatic rings. The zero-order chi connectivity index (χ0) is 94.2. The third kappa shape index (κ3) is 32.1. The number of ether oxygens (including phenoxy) is 7. The van der Waals surface area contributed by atoms with Crippen LogP contribution in [0.3, 0.4) is 0 Å². The molecule has 4 saturated heterocycles. The molecule has 0 radical (unpaired) electrons. The Morgan fingerprint density at radius 1 is 0.622 bits per heavy atom. The topological polar surface area (TPSA) is 690 Å². The Labute approximate surface area is 734 Å². The Balaban J connectivity index is 1.43. The number of nitrogens with zero attached hydrogens (tertiary/aromatic N) is 1. The lowest BCUT2D eigenvalue weighted by Gasteiger charge is -2.46. The number of phenols is 2. The summed E-state index contributed by atoms with van der Waals surface area (Å²) in [5, 5.41) is 174. The monoisotopic (exact) mass is 1810 g/mol. The molecule has 714 valence electrons. The van der Waals surface area contributed by atoms with Crippen molar-refractivity contribution in [2.24, 2.45) is 5.73 Å². The zero-order valence-corrected chi connectivity index (χ0v) is 72.4. The third-order valence-electron chi connectivity index (χ3n) is 22.2. The van der Waals surface area contributed by atoms with Crippen molar-refractivity contribution in [3.8, 4) is 11.5 Å². The predicted molar refractivity (Wildman–Crippen MR) is 442 cm³/mol. The molecule has 25 N–H and O–H groups in total. The smallest absolute Gasteiger partial charge is 0.329 e. The number of hydrogen-bond acceptors (Lipinski definition) is 33. The molecule has 0 bridgehead atoms. The Morgan fingerprint density at radius 3 is 1.70 bits per heavy atom.